The van der Waals surface area contributed by atoms with Crippen molar-refractivity contribution >= 4 is 63.2 Å². The summed E-state index contributed by atoms with van der Waals surface area (Å²) in [7, 11) is 0. The summed E-state index contributed by atoms with van der Waals surface area (Å²) in [5.41, 5.74) is 5.42. The van der Waals surface area contributed by atoms with Gasteiger partial charge in [-0.25, -0.2) is 4.98 Å². The molecule has 8 rings (SSSR count). The monoisotopic (exact) mass is 754 g/mol. The highest BCUT2D eigenvalue weighted by Gasteiger charge is 2.33. The Balaban J connectivity index is 0.990. The summed E-state index contributed by atoms with van der Waals surface area (Å²) in [5.74, 6) is -0.837. The predicted molar refractivity (Wildman–Crippen MR) is 205 cm³/mol. The lowest BCUT2D eigenvalue weighted by Gasteiger charge is -2.38. The van der Waals surface area contributed by atoms with Crippen LogP contribution in [-0.2, 0) is 17.9 Å². The molecule has 0 bridgehead atoms. The highest BCUT2D eigenvalue weighted by atomic mass is 35.5. The number of amides is 1. The van der Waals surface area contributed by atoms with Crippen LogP contribution in [0.2, 0.25) is 10.0 Å². The van der Waals surface area contributed by atoms with Gasteiger partial charge >= 0.3 is 5.97 Å². The Morgan fingerprint density at radius 3 is 2.38 bits per heavy atom. The number of hydrogen-bond donors (Lipinski definition) is 4. The van der Waals surface area contributed by atoms with Crippen LogP contribution in [0.25, 0.3) is 22.0 Å². The molecule has 0 aliphatic carbocycles. The number of aliphatic hydroxyl groups excluding tert-OH is 1. The van der Waals surface area contributed by atoms with Crippen molar-refractivity contribution < 1.29 is 19.8 Å². The number of carboxylic acids is 1. The number of carboxylic acid groups (broad SMARTS) is 1. The maximum absolute atomic E-state index is 13.6. The fourth-order valence-electron chi connectivity index (χ4n) is 7.88. The Morgan fingerprint density at radius 2 is 1.64 bits per heavy atom. The number of carbonyl (C=O) groups is 2. The molecule has 274 valence electrons. The minimum atomic E-state index is -0.729. The minimum Gasteiger partial charge on any atom is -0.481 e. The molecule has 5 aromatic rings. The van der Waals surface area contributed by atoms with Gasteiger partial charge in [-0.3, -0.25) is 29.1 Å². The fourth-order valence-corrected chi connectivity index (χ4v) is 8.43. The van der Waals surface area contributed by atoms with Crippen molar-refractivity contribution in [2.45, 2.75) is 57.3 Å². The summed E-state index contributed by atoms with van der Waals surface area (Å²) in [6.45, 7) is 4.39. The van der Waals surface area contributed by atoms with Crippen molar-refractivity contribution in [2.24, 2.45) is 5.92 Å². The second-order valence-electron chi connectivity index (χ2n) is 14.1. The maximum atomic E-state index is 13.6. The molecule has 4 N–H and O–H groups in total. The van der Waals surface area contributed by atoms with Gasteiger partial charge in [0.05, 0.1) is 45.2 Å². The molecule has 0 saturated carbocycles. The summed E-state index contributed by atoms with van der Waals surface area (Å²) in [4.78, 5) is 38.9. The lowest BCUT2D eigenvalue weighted by Crippen LogP contribution is -2.40. The first-order valence-electron chi connectivity index (χ1n) is 18.1. The number of likely N-dealkylation sites (tertiary alicyclic amines) is 2. The van der Waals surface area contributed by atoms with Crippen LogP contribution in [0.4, 0.5) is 17.2 Å². The standard InChI is InChI=1S/C39H40Cl2N8O4/c40-34-27(4-1-6-29(34)44-37-36-25(9-13-42-37)18-23(20-43-36)21-47-15-12-26(50)22-47)28-5-2-7-30(35(28)41)45-38(51)31-19-33-32(8-3-14-49(33)46-31)48-16-10-24(11-17-48)39(52)53/h1-2,4-7,9,13,18-20,24,26,32,50H,3,8,10-12,14-17,21-22H2,(H,42,44)(H,45,51)(H,52,53)/t26-,32+/m0/s1. The molecule has 2 atom stereocenters. The highest BCUT2D eigenvalue weighted by molar-refractivity contribution is 6.39. The zero-order chi connectivity index (χ0) is 36.6. The zero-order valence-electron chi connectivity index (χ0n) is 29.0. The van der Waals surface area contributed by atoms with Crippen LogP contribution in [-0.4, -0.2) is 83.9 Å². The molecule has 12 nitrogen and oxygen atoms in total. The van der Waals surface area contributed by atoms with Gasteiger partial charge in [0.25, 0.3) is 5.91 Å². The number of β-amino-alcohol motifs (C(OH)–C–C–N with tert-alkyl or cyclic N) is 1. The normalized spacial score (nSPS) is 19.7. The lowest BCUT2D eigenvalue weighted by atomic mass is 9.93. The molecule has 6 heterocycles. The van der Waals surface area contributed by atoms with Gasteiger partial charge in [0.2, 0.25) is 0 Å². The molecule has 0 unspecified atom stereocenters. The summed E-state index contributed by atoms with van der Waals surface area (Å²) in [6.07, 6.45) is 7.21. The maximum Gasteiger partial charge on any atom is 0.306 e. The van der Waals surface area contributed by atoms with Gasteiger partial charge in [0, 0.05) is 55.1 Å². The van der Waals surface area contributed by atoms with E-state index in [1.807, 2.05) is 53.3 Å². The number of rotatable bonds is 9. The number of anilines is 3. The van der Waals surface area contributed by atoms with E-state index in [0.717, 1.165) is 55.5 Å². The molecular weight excluding hydrogens is 715 g/mol. The van der Waals surface area contributed by atoms with E-state index >= 15 is 0 Å². The van der Waals surface area contributed by atoms with Crippen LogP contribution < -0.4 is 10.6 Å². The minimum absolute atomic E-state index is 0.0930. The molecule has 14 heteroatoms. The summed E-state index contributed by atoms with van der Waals surface area (Å²) >= 11 is 14.0. The number of benzene rings is 2. The molecule has 0 radical (unpaired) electrons. The average Bonchev–Trinajstić information content (AvgIpc) is 3.79. The van der Waals surface area contributed by atoms with Crippen LogP contribution >= 0.6 is 23.2 Å². The number of aryl methyl sites for hydroxylation is 1. The number of pyridine rings is 2. The van der Waals surface area contributed by atoms with E-state index in [2.05, 4.69) is 36.6 Å². The molecule has 2 fully saturated rings. The van der Waals surface area contributed by atoms with Gasteiger partial charge in [-0.05, 0) is 81.1 Å². The Morgan fingerprint density at radius 1 is 0.887 bits per heavy atom. The van der Waals surface area contributed by atoms with Crippen molar-refractivity contribution in [3.8, 4) is 11.1 Å². The largest absolute Gasteiger partial charge is 0.481 e. The van der Waals surface area contributed by atoms with Gasteiger partial charge in [-0.2, -0.15) is 5.10 Å². The number of nitrogens with zero attached hydrogens (tertiary/aromatic N) is 6. The van der Waals surface area contributed by atoms with E-state index < -0.39 is 5.97 Å². The van der Waals surface area contributed by atoms with Crippen molar-refractivity contribution in [3.05, 3.63) is 94.0 Å². The van der Waals surface area contributed by atoms with E-state index in [4.69, 9.17) is 28.2 Å². The molecular formula is C39H40Cl2N8O4. The number of fused-ring (bicyclic) bond motifs is 2. The lowest BCUT2D eigenvalue weighted by molar-refractivity contribution is -0.143. The molecule has 0 spiro atoms. The van der Waals surface area contributed by atoms with Crippen LogP contribution in [0.15, 0.2) is 67.0 Å². The smallest absolute Gasteiger partial charge is 0.306 e. The summed E-state index contributed by atoms with van der Waals surface area (Å²) in [6, 6.07) is 17.0. The summed E-state index contributed by atoms with van der Waals surface area (Å²) in [5, 5.41) is 32.0. The topological polar surface area (TPSA) is 149 Å². The second kappa shape index (κ2) is 15.0. The number of carbonyl (C=O) groups excluding carboxylic acids is 1. The van der Waals surface area contributed by atoms with Crippen LogP contribution in [0.1, 0.15) is 59.9 Å². The average molecular weight is 756 g/mol. The van der Waals surface area contributed by atoms with Gasteiger partial charge < -0.3 is 20.8 Å². The highest BCUT2D eigenvalue weighted by Crippen LogP contribution is 2.41. The van der Waals surface area contributed by atoms with Crippen molar-refractivity contribution in [1.82, 2.24) is 29.5 Å². The molecule has 53 heavy (non-hydrogen) atoms. The first kappa shape index (κ1) is 35.4. The number of nitrogens with one attached hydrogen (secondary N) is 2. The number of aliphatic carboxylic acids is 1. The number of aromatic nitrogens is 4. The van der Waals surface area contributed by atoms with Crippen LogP contribution in [0.5, 0.6) is 0 Å². The van der Waals surface area contributed by atoms with Gasteiger partial charge in [-0.1, -0.05) is 47.5 Å². The Kier molecular flexibility index (Phi) is 10.1. The quantitative estimate of drug-likeness (QED) is 0.124. The molecule has 3 aliphatic rings. The Hall–Kier alpha value is -4.59. The van der Waals surface area contributed by atoms with Crippen molar-refractivity contribution in [1.29, 1.82) is 0 Å². The molecule has 3 aliphatic heterocycles. The Bertz CT molecular complexity index is 2190. The molecule has 2 saturated heterocycles. The zero-order valence-corrected chi connectivity index (χ0v) is 30.5. The molecule has 1 amide bonds. The van der Waals surface area contributed by atoms with E-state index in [1.54, 1.807) is 12.3 Å². The van der Waals surface area contributed by atoms with E-state index in [-0.39, 0.29) is 24.0 Å². The van der Waals surface area contributed by atoms with Gasteiger partial charge in [-0.15, -0.1) is 0 Å². The van der Waals surface area contributed by atoms with E-state index in [0.29, 0.717) is 82.1 Å². The predicted octanol–water partition coefficient (Wildman–Crippen LogP) is 6.99. The van der Waals surface area contributed by atoms with Crippen LogP contribution in [0, 0.1) is 5.92 Å². The summed E-state index contributed by atoms with van der Waals surface area (Å²) < 4.78 is 1.91. The van der Waals surface area contributed by atoms with Gasteiger partial charge in [0.1, 0.15) is 5.52 Å². The molecule has 2 aromatic carbocycles. The van der Waals surface area contributed by atoms with Crippen molar-refractivity contribution in [3.63, 3.8) is 0 Å². The first-order chi connectivity index (χ1) is 25.7. The second-order valence-corrected chi connectivity index (χ2v) is 14.9. The third-order valence-corrected chi connectivity index (χ3v) is 11.5. The number of aliphatic hydroxyl groups is 1. The fraction of sp³-hybridized carbons (Fsp3) is 0.359. The number of hydrogen-bond acceptors (Lipinski definition) is 9. The van der Waals surface area contributed by atoms with Crippen LogP contribution in [0.3, 0.4) is 0 Å². The Labute approximate surface area is 316 Å². The third-order valence-electron chi connectivity index (χ3n) is 10.7. The third kappa shape index (κ3) is 7.34. The first-order valence-corrected chi connectivity index (χ1v) is 18.8. The number of piperidine rings is 1. The number of halogens is 2. The SMILES string of the molecule is O=C(Nc1cccc(-c2cccc(Nc3nccc4cc(CN5CC[C@H](O)C5)cnc34)c2Cl)c1Cl)c1cc2n(n1)CCC[C@H]2N1CCC(C(=O)O)CC1. The van der Waals surface area contributed by atoms with Crippen molar-refractivity contribution in [2.75, 3.05) is 36.8 Å². The van der Waals surface area contributed by atoms with Gasteiger partial charge in [0.15, 0.2) is 11.5 Å². The van der Waals surface area contributed by atoms with E-state index in [9.17, 15) is 19.8 Å². The molecule has 3 aromatic heterocycles. The van der Waals surface area contributed by atoms with E-state index in [1.165, 1.54) is 0 Å².